The Morgan fingerprint density at radius 3 is 1.80 bits per heavy atom. The summed E-state index contributed by atoms with van der Waals surface area (Å²) in [5, 5.41) is 8.25. The van der Waals surface area contributed by atoms with Gasteiger partial charge in [0.15, 0.2) is 0 Å². The van der Waals surface area contributed by atoms with Crippen molar-refractivity contribution in [3.63, 3.8) is 0 Å². The van der Waals surface area contributed by atoms with Crippen molar-refractivity contribution in [3.05, 3.63) is 0 Å². The van der Waals surface area contributed by atoms with Crippen molar-refractivity contribution in [3.8, 4) is 0 Å². The van der Waals surface area contributed by atoms with E-state index in [1.165, 1.54) is 0 Å². The maximum Gasteiger partial charge on any atom is 0.303 e. The summed E-state index contributed by atoms with van der Waals surface area (Å²) < 4.78 is 9.57. The van der Waals surface area contributed by atoms with Gasteiger partial charge in [-0.1, -0.05) is 21.3 Å². The normalized spacial score (nSPS) is 12.2. The second-order valence-corrected chi connectivity index (χ2v) is 4.49. The Morgan fingerprint density at radius 1 is 1.10 bits per heavy atom. The van der Waals surface area contributed by atoms with Crippen LogP contribution in [0.5, 0.6) is 0 Å². The SMILES string of the molecule is C.COCC(C)CC(=O)NN.COCC(C)CC(=O)O. The van der Waals surface area contributed by atoms with Crippen LogP contribution < -0.4 is 11.3 Å². The number of amides is 1. The number of aliphatic carboxylic acids is 1. The molecule has 4 N–H and O–H groups in total. The summed E-state index contributed by atoms with van der Waals surface area (Å²) in [5.41, 5.74) is 2.06. The van der Waals surface area contributed by atoms with Crippen molar-refractivity contribution < 1.29 is 24.2 Å². The van der Waals surface area contributed by atoms with Crippen molar-refractivity contribution in [1.29, 1.82) is 0 Å². The molecule has 20 heavy (non-hydrogen) atoms. The molecule has 0 spiro atoms. The van der Waals surface area contributed by atoms with Crippen LogP contribution in [0.3, 0.4) is 0 Å². The first-order chi connectivity index (χ1) is 8.87. The minimum Gasteiger partial charge on any atom is -0.481 e. The van der Waals surface area contributed by atoms with Crippen LogP contribution in [-0.2, 0) is 19.1 Å². The summed E-state index contributed by atoms with van der Waals surface area (Å²) in [6, 6.07) is 0. The summed E-state index contributed by atoms with van der Waals surface area (Å²) in [6.07, 6.45) is 0.609. The Balaban J connectivity index is -0.000000277. The molecule has 7 heteroatoms. The third-order valence-electron chi connectivity index (χ3n) is 2.12. The van der Waals surface area contributed by atoms with Gasteiger partial charge in [0.1, 0.15) is 0 Å². The minimum atomic E-state index is -0.764. The molecule has 0 rings (SSSR count). The van der Waals surface area contributed by atoms with E-state index in [1.807, 2.05) is 13.8 Å². The largest absolute Gasteiger partial charge is 0.481 e. The maximum absolute atomic E-state index is 10.6. The molecule has 0 aliphatic carbocycles. The number of methoxy groups -OCH3 is 2. The van der Waals surface area contributed by atoms with Gasteiger partial charge in [0.25, 0.3) is 0 Å². The van der Waals surface area contributed by atoms with Gasteiger partial charge in [0, 0.05) is 33.9 Å². The van der Waals surface area contributed by atoms with E-state index >= 15 is 0 Å². The molecule has 0 bridgehead atoms. The molecule has 2 atom stereocenters. The Bertz CT molecular complexity index is 249. The van der Waals surface area contributed by atoms with E-state index in [0.29, 0.717) is 19.6 Å². The molecule has 122 valence electrons. The van der Waals surface area contributed by atoms with Gasteiger partial charge in [-0.25, -0.2) is 5.84 Å². The number of carbonyl (C=O) groups excluding carboxylic acids is 1. The Morgan fingerprint density at radius 2 is 1.50 bits per heavy atom. The van der Waals surface area contributed by atoms with E-state index in [-0.39, 0.29) is 31.6 Å². The van der Waals surface area contributed by atoms with Crippen LogP contribution in [0, 0.1) is 11.8 Å². The molecular weight excluding hydrogens is 264 g/mol. The lowest BCUT2D eigenvalue weighted by Gasteiger charge is -2.07. The monoisotopic (exact) mass is 294 g/mol. The fourth-order valence-corrected chi connectivity index (χ4v) is 1.36. The topological polar surface area (TPSA) is 111 Å². The number of ether oxygens (including phenoxy) is 2. The van der Waals surface area contributed by atoms with Crippen molar-refractivity contribution in [2.24, 2.45) is 17.7 Å². The summed E-state index contributed by atoms with van der Waals surface area (Å²) >= 11 is 0. The van der Waals surface area contributed by atoms with Crippen molar-refractivity contribution >= 4 is 11.9 Å². The number of nitrogens with one attached hydrogen (secondary N) is 1. The number of carboxylic acid groups (broad SMARTS) is 1. The summed E-state index contributed by atoms with van der Waals surface area (Å²) in [5.74, 6) is 4.31. The predicted molar refractivity (Wildman–Crippen MR) is 78.0 cm³/mol. The van der Waals surface area contributed by atoms with Gasteiger partial charge in [-0.15, -0.1) is 0 Å². The summed E-state index contributed by atoms with van der Waals surface area (Å²) in [4.78, 5) is 20.6. The Kier molecular flexibility index (Phi) is 19.0. The van der Waals surface area contributed by atoms with Crippen LogP contribution >= 0.6 is 0 Å². The van der Waals surface area contributed by atoms with E-state index in [1.54, 1.807) is 14.2 Å². The third kappa shape index (κ3) is 19.2. The van der Waals surface area contributed by atoms with E-state index in [2.05, 4.69) is 5.43 Å². The van der Waals surface area contributed by atoms with Crippen molar-refractivity contribution in [1.82, 2.24) is 5.43 Å². The van der Waals surface area contributed by atoms with Gasteiger partial charge in [-0.3, -0.25) is 15.0 Å². The van der Waals surface area contributed by atoms with Crippen LogP contribution in [0.2, 0.25) is 0 Å². The predicted octanol–water partition coefficient (Wildman–Crippen LogP) is 1.03. The average molecular weight is 294 g/mol. The molecule has 0 aromatic heterocycles. The van der Waals surface area contributed by atoms with Crippen LogP contribution in [0.25, 0.3) is 0 Å². The molecule has 0 fully saturated rings. The first kappa shape index (κ1) is 23.9. The van der Waals surface area contributed by atoms with Gasteiger partial charge >= 0.3 is 5.97 Å². The Labute approximate surface area is 121 Å². The smallest absolute Gasteiger partial charge is 0.303 e. The molecule has 7 nitrogen and oxygen atoms in total. The zero-order chi connectivity index (χ0) is 15.3. The lowest BCUT2D eigenvalue weighted by molar-refractivity contribution is -0.138. The van der Waals surface area contributed by atoms with Gasteiger partial charge in [-0.05, 0) is 11.8 Å². The maximum atomic E-state index is 10.6. The molecular formula is C13H30N2O5. The van der Waals surface area contributed by atoms with Gasteiger partial charge in [-0.2, -0.15) is 0 Å². The minimum absolute atomic E-state index is 0. The standard InChI is InChI=1S/C6H14N2O2.C6H12O3.CH4/c1-5(4-10-2)3-6(9)8-7;1-5(4-9-2)3-6(7)8;/h5H,3-4,7H2,1-2H3,(H,8,9);5H,3-4H2,1-2H3,(H,7,8);1H4. The molecule has 0 saturated carbocycles. The summed E-state index contributed by atoms with van der Waals surface area (Å²) in [6.45, 7) is 4.88. The van der Waals surface area contributed by atoms with Crippen LogP contribution in [-0.4, -0.2) is 44.4 Å². The second-order valence-electron chi connectivity index (χ2n) is 4.49. The van der Waals surface area contributed by atoms with Crippen molar-refractivity contribution in [2.45, 2.75) is 34.1 Å². The van der Waals surface area contributed by atoms with Crippen LogP contribution in [0.1, 0.15) is 34.1 Å². The lowest BCUT2D eigenvalue weighted by Crippen LogP contribution is -2.31. The number of hydrogen-bond acceptors (Lipinski definition) is 5. The highest BCUT2D eigenvalue weighted by atomic mass is 16.5. The zero-order valence-corrected chi connectivity index (χ0v) is 12.1. The highest BCUT2D eigenvalue weighted by molar-refractivity contribution is 5.75. The number of hydrazine groups is 1. The molecule has 0 aromatic rings. The highest BCUT2D eigenvalue weighted by Gasteiger charge is 2.06. The first-order valence-electron chi connectivity index (χ1n) is 6.06. The van der Waals surface area contributed by atoms with E-state index in [9.17, 15) is 9.59 Å². The summed E-state index contributed by atoms with van der Waals surface area (Å²) in [7, 11) is 3.18. The number of carbonyl (C=O) groups is 2. The fraction of sp³-hybridized carbons (Fsp3) is 0.846. The van der Waals surface area contributed by atoms with Gasteiger partial charge in [0.05, 0.1) is 6.42 Å². The van der Waals surface area contributed by atoms with Crippen LogP contribution in [0.15, 0.2) is 0 Å². The molecule has 0 aliphatic rings. The highest BCUT2D eigenvalue weighted by Crippen LogP contribution is 2.00. The van der Waals surface area contributed by atoms with E-state index in [4.69, 9.17) is 20.4 Å². The fourth-order valence-electron chi connectivity index (χ4n) is 1.36. The second kappa shape index (κ2) is 15.9. The molecule has 0 aromatic carbocycles. The number of carboxylic acids is 1. The van der Waals surface area contributed by atoms with E-state index < -0.39 is 5.97 Å². The third-order valence-corrected chi connectivity index (χ3v) is 2.12. The van der Waals surface area contributed by atoms with Crippen LogP contribution in [0.4, 0.5) is 0 Å². The lowest BCUT2D eigenvalue weighted by atomic mass is 10.1. The van der Waals surface area contributed by atoms with E-state index in [0.717, 1.165) is 0 Å². The quantitative estimate of drug-likeness (QED) is 0.350. The molecule has 0 saturated heterocycles. The average Bonchev–Trinajstić information content (AvgIpc) is 2.29. The molecule has 0 aliphatic heterocycles. The Hall–Kier alpha value is -1.18. The van der Waals surface area contributed by atoms with Gasteiger partial charge in [0.2, 0.25) is 5.91 Å². The van der Waals surface area contributed by atoms with Crippen molar-refractivity contribution in [2.75, 3.05) is 27.4 Å². The molecule has 0 radical (unpaired) electrons. The number of nitrogens with two attached hydrogens (primary N) is 1. The van der Waals surface area contributed by atoms with Gasteiger partial charge < -0.3 is 14.6 Å². The number of hydrogen-bond donors (Lipinski definition) is 3. The molecule has 0 heterocycles. The number of rotatable bonds is 8. The molecule has 1 amide bonds. The first-order valence-corrected chi connectivity index (χ1v) is 6.06. The molecule has 2 unspecified atom stereocenters. The zero-order valence-electron chi connectivity index (χ0n) is 12.1.